The van der Waals surface area contributed by atoms with E-state index in [0.29, 0.717) is 11.6 Å². The van der Waals surface area contributed by atoms with Crippen molar-refractivity contribution >= 4 is 11.6 Å². The Morgan fingerprint density at radius 3 is 2.41 bits per heavy atom. The van der Waals surface area contributed by atoms with E-state index in [1.165, 1.54) is 0 Å². The summed E-state index contributed by atoms with van der Waals surface area (Å²) in [5.74, 6) is -5.24. The first kappa shape index (κ1) is 26.3. The number of nitrogens with zero attached hydrogens (tertiary/aromatic N) is 5. The molecular weight excluding hydrogens is 502 g/mol. The van der Waals surface area contributed by atoms with Gasteiger partial charge < -0.3 is 10.3 Å². The minimum atomic E-state index is -4.62. The van der Waals surface area contributed by atoms with Crippen molar-refractivity contribution in [3.8, 4) is 0 Å². The van der Waals surface area contributed by atoms with Crippen molar-refractivity contribution in [3.63, 3.8) is 0 Å². The predicted molar refractivity (Wildman–Crippen MR) is 121 cm³/mol. The van der Waals surface area contributed by atoms with Gasteiger partial charge in [0.15, 0.2) is 17.7 Å². The average molecular weight is 524 g/mol. The highest BCUT2D eigenvalue weighted by atomic mass is 19.4. The lowest BCUT2D eigenvalue weighted by molar-refractivity contribution is -0.148. The number of hydrogen-bond donors (Lipinski definition) is 1. The Labute approximate surface area is 207 Å². The molecule has 0 spiro atoms. The fraction of sp³-hybridized carbons (Fsp3) is 0.333. The zero-order valence-corrected chi connectivity index (χ0v) is 19.4. The van der Waals surface area contributed by atoms with Gasteiger partial charge in [-0.1, -0.05) is 30.3 Å². The Kier molecular flexibility index (Phi) is 7.62. The molecule has 0 saturated heterocycles. The van der Waals surface area contributed by atoms with Crippen LogP contribution in [0.25, 0.3) is 0 Å². The number of hydrogen-bond acceptors (Lipinski definition) is 5. The van der Waals surface area contributed by atoms with Crippen molar-refractivity contribution in [1.29, 1.82) is 0 Å². The highest BCUT2D eigenvalue weighted by molar-refractivity contribution is 5.91. The lowest BCUT2D eigenvalue weighted by atomic mass is 10.0. The van der Waals surface area contributed by atoms with Crippen molar-refractivity contribution in [1.82, 2.24) is 19.7 Å². The topological polar surface area (TPSA) is 89.4 Å². The van der Waals surface area contributed by atoms with Crippen LogP contribution in [0.1, 0.15) is 35.2 Å². The van der Waals surface area contributed by atoms with Gasteiger partial charge in [0.05, 0.1) is 6.54 Å². The zero-order valence-electron chi connectivity index (χ0n) is 19.4. The van der Waals surface area contributed by atoms with Gasteiger partial charge in [0.2, 0.25) is 11.7 Å². The second-order valence-corrected chi connectivity index (χ2v) is 8.56. The Balaban J connectivity index is 1.58. The molecule has 1 amide bonds. The van der Waals surface area contributed by atoms with Crippen LogP contribution in [0.2, 0.25) is 0 Å². The highest BCUT2D eigenvalue weighted by Gasteiger charge is 2.39. The van der Waals surface area contributed by atoms with Gasteiger partial charge in [0, 0.05) is 37.8 Å². The summed E-state index contributed by atoms with van der Waals surface area (Å²) in [5, 5.41) is 6.89. The second kappa shape index (κ2) is 10.7. The SMILES string of the molecule is NC(=O)C(N=C(CCN1CCn2c(nnc2C(F)(F)F)C1)Cc1cc(F)c(F)cc1F)c1ccccc1. The van der Waals surface area contributed by atoms with Crippen molar-refractivity contribution in [2.24, 2.45) is 10.7 Å². The number of amides is 1. The molecule has 2 aromatic carbocycles. The van der Waals surface area contributed by atoms with E-state index in [4.69, 9.17) is 5.73 Å². The average Bonchev–Trinajstić information content (AvgIpc) is 3.28. The lowest BCUT2D eigenvalue weighted by Gasteiger charge is -2.28. The molecule has 1 aliphatic heterocycles. The monoisotopic (exact) mass is 524 g/mol. The number of carbonyl (C=O) groups excluding carboxylic acids is 1. The number of aliphatic imine (C=N–C) groups is 1. The molecule has 2 N–H and O–H groups in total. The summed E-state index contributed by atoms with van der Waals surface area (Å²) in [7, 11) is 0. The van der Waals surface area contributed by atoms with Crippen LogP contribution in [0.4, 0.5) is 26.3 Å². The summed E-state index contributed by atoms with van der Waals surface area (Å²) >= 11 is 0. The quantitative estimate of drug-likeness (QED) is 0.276. The van der Waals surface area contributed by atoms with Gasteiger partial charge in [0.1, 0.15) is 11.6 Å². The fourth-order valence-corrected chi connectivity index (χ4v) is 4.13. The van der Waals surface area contributed by atoms with E-state index in [2.05, 4.69) is 15.2 Å². The number of aromatic nitrogens is 3. The molecule has 0 saturated carbocycles. The van der Waals surface area contributed by atoms with Crippen LogP contribution < -0.4 is 5.73 Å². The Bertz CT molecular complexity index is 1310. The molecule has 13 heteroatoms. The smallest absolute Gasteiger partial charge is 0.368 e. The number of rotatable bonds is 8. The van der Waals surface area contributed by atoms with Gasteiger partial charge in [-0.2, -0.15) is 13.2 Å². The molecule has 0 fully saturated rings. The van der Waals surface area contributed by atoms with E-state index in [1.807, 2.05) is 4.90 Å². The maximum atomic E-state index is 14.4. The summed E-state index contributed by atoms with van der Waals surface area (Å²) in [6.45, 7) is 0.598. The minimum Gasteiger partial charge on any atom is -0.368 e. The van der Waals surface area contributed by atoms with Crippen molar-refractivity contribution in [2.75, 3.05) is 13.1 Å². The van der Waals surface area contributed by atoms with Gasteiger partial charge in [-0.25, -0.2) is 13.2 Å². The molecule has 1 atom stereocenters. The number of halogens is 6. The molecule has 37 heavy (non-hydrogen) atoms. The molecule has 7 nitrogen and oxygen atoms in total. The number of primary amides is 1. The number of fused-ring (bicyclic) bond motifs is 1. The standard InChI is InChI=1S/C24H22F6N6O/c25-17-12-19(27)18(26)11-15(17)10-16(32-21(22(31)37)14-4-2-1-3-5-14)6-7-35-8-9-36-20(13-35)33-34-23(36)24(28,29)30/h1-5,11-12,21H,6-10,13H2,(H2,31,37). The molecule has 2 heterocycles. The summed E-state index contributed by atoms with van der Waals surface area (Å²) in [6, 6.07) is 8.45. The minimum absolute atomic E-state index is 0.00931. The van der Waals surface area contributed by atoms with Crippen LogP contribution in [0, 0.1) is 17.5 Å². The van der Waals surface area contributed by atoms with Crippen LogP contribution in [0.15, 0.2) is 47.5 Å². The maximum absolute atomic E-state index is 14.4. The fourth-order valence-electron chi connectivity index (χ4n) is 4.13. The Morgan fingerprint density at radius 2 is 1.73 bits per heavy atom. The number of benzene rings is 2. The van der Waals surface area contributed by atoms with Gasteiger partial charge in [-0.3, -0.25) is 14.7 Å². The number of alkyl halides is 3. The normalized spacial score (nSPS) is 15.5. The molecule has 196 valence electrons. The largest absolute Gasteiger partial charge is 0.451 e. The maximum Gasteiger partial charge on any atom is 0.451 e. The van der Waals surface area contributed by atoms with Gasteiger partial charge >= 0.3 is 6.18 Å². The molecule has 1 unspecified atom stereocenters. The van der Waals surface area contributed by atoms with Crippen molar-refractivity contribution in [3.05, 3.63) is 82.7 Å². The first-order valence-electron chi connectivity index (χ1n) is 11.3. The summed E-state index contributed by atoms with van der Waals surface area (Å²) in [4.78, 5) is 18.5. The molecule has 4 rings (SSSR count). The molecule has 0 aliphatic carbocycles. The van der Waals surface area contributed by atoms with Gasteiger partial charge in [-0.15, -0.1) is 10.2 Å². The van der Waals surface area contributed by atoms with Gasteiger partial charge in [0.25, 0.3) is 0 Å². The first-order valence-corrected chi connectivity index (χ1v) is 11.3. The summed E-state index contributed by atoms with van der Waals surface area (Å²) < 4.78 is 82.0. The third-order valence-corrected chi connectivity index (χ3v) is 5.98. The van der Waals surface area contributed by atoms with E-state index in [9.17, 15) is 31.1 Å². The van der Waals surface area contributed by atoms with Crippen LogP contribution in [0.5, 0.6) is 0 Å². The zero-order chi connectivity index (χ0) is 26.7. The van der Waals surface area contributed by atoms with E-state index in [0.717, 1.165) is 10.6 Å². The second-order valence-electron chi connectivity index (χ2n) is 8.56. The summed E-state index contributed by atoms with van der Waals surface area (Å²) in [5.41, 5.74) is 6.17. The molecule has 1 aromatic heterocycles. The van der Waals surface area contributed by atoms with E-state index in [1.54, 1.807) is 30.3 Å². The molecule has 3 aromatic rings. The Hall–Kier alpha value is -3.74. The van der Waals surface area contributed by atoms with Crippen LogP contribution in [-0.2, 0) is 30.5 Å². The van der Waals surface area contributed by atoms with Crippen LogP contribution in [-0.4, -0.2) is 44.4 Å². The highest BCUT2D eigenvalue weighted by Crippen LogP contribution is 2.29. The van der Waals surface area contributed by atoms with Crippen molar-refractivity contribution in [2.45, 2.75) is 38.1 Å². The van der Waals surface area contributed by atoms with Gasteiger partial charge in [-0.05, 0) is 23.6 Å². The van der Waals surface area contributed by atoms with Crippen LogP contribution in [0.3, 0.4) is 0 Å². The van der Waals surface area contributed by atoms with Crippen molar-refractivity contribution < 1.29 is 31.1 Å². The first-order chi connectivity index (χ1) is 17.5. The predicted octanol–water partition coefficient (Wildman–Crippen LogP) is 3.83. The number of nitrogens with two attached hydrogens (primary N) is 1. The molecular formula is C24H22F6N6O. The molecule has 0 bridgehead atoms. The summed E-state index contributed by atoms with van der Waals surface area (Å²) in [6.07, 6.45) is -4.71. The number of carbonyl (C=O) groups is 1. The Morgan fingerprint density at radius 1 is 1.03 bits per heavy atom. The van der Waals surface area contributed by atoms with E-state index >= 15 is 0 Å². The third-order valence-electron chi connectivity index (χ3n) is 5.98. The molecule has 0 radical (unpaired) electrons. The van der Waals surface area contributed by atoms with E-state index < -0.39 is 41.4 Å². The van der Waals surface area contributed by atoms with Crippen LogP contribution >= 0.6 is 0 Å². The van der Waals surface area contributed by atoms with E-state index in [-0.39, 0.29) is 56.1 Å². The molecule has 1 aliphatic rings. The lowest BCUT2D eigenvalue weighted by Crippen LogP contribution is -2.36. The third kappa shape index (κ3) is 6.16.